The number of rotatable bonds is 2. The Labute approximate surface area is 151 Å². The van der Waals surface area contributed by atoms with E-state index in [0.717, 1.165) is 41.5 Å². The van der Waals surface area contributed by atoms with Gasteiger partial charge in [-0.1, -0.05) is 12.1 Å². The molecule has 128 valence electrons. The van der Waals surface area contributed by atoms with Crippen LogP contribution in [0.5, 0.6) is 0 Å². The van der Waals surface area contributed by atoms with E-state index in [1.807, 2.05) is 22.8 Å². The molecular formula is C21H19N5. The second-order valence-electron chi connectivity index (χ2n) is 7.02. The third-order valence-electron chi connectivity index (χ3n) is 5.46. The van der Waals surface area contributed by atoms with Gasteiger partial charge in [0, 0.05) is 35.6 Å². The standard InChI is InChI=1S/C21H19N5/c1-25-20-7-5-15(10-17(20)12-23-25)14-4-6-18-16(9-14)11-19(24-18)21-3-2-8-26(21)13-22/h4-7,9-12,21,24H,2-3,8H2,1H3/t21-/m0/s1. The van der Waals surface area contributed by atoms with Crippen LogP contribution in [0, 0.1) is 11.5 Å². The SMILES string of the molecule is Cn1ncc2cc(-c3ccc4[nH]c([C@@H]5CCCN5C#N)cc4c3)ccc21. The average molecular weight is 341 g/mol. The molecule has 1 atom stereocenters. The summed E-state index contributed by atoms with van der Waals surface area (Å²) in [4.78, 5) is 5.38. The Balaban J connectivity index is 1.55. The maximum absolute atomic E-state index is 9.31. The molecule has 5 heteroatoms. The number of nitriles is 1. The van der Waals surface area contributed by atoms with Crippen LogP contribution in [0.3, 0.4) is 0 Å². The van der Waals surface area contributed by atoms with Gasteiger partial charge in [0.25, 0.3) is 0 Å². The molecule has 5 nitrogen and oxygen atoms in total. The fourth-order valence-electron chi connectivity index (χ4n) is 4.07. The van der Waals surface area contributed by atoms with Crippen molar-refractivity contribution in [2.24, 2.45) is 7.05 Å². The lowest BCUT2D eigenvalue weighted by Gasteiger charge is -2.16. The van der Waals surface area contributed by atoms with Crippen molar-refractivity contribution in [2.45, 2.75) is 18.9 Å². The molecule has 0 bridgehead atoms. The molecule has 4 aromatic rings. The molecular weight excluding hydrogens is 322 g/mol. The van der Waals surface area contributed by atoms with Crippen molar-refractivity contribution >= 4 is 21.8 Å². The van der Waals surface area contributed by atoms with Crippen molar-refractivity contribution in [3.8, 4) is 17.3 Å². The van der Waals surface area contributed by atoms with Gasteiger partial charge in [-0.05, 0) is 54.3 Å². The van der Waals surface area contributed by atoms with Crippen molar-refractivity contribution < 1.29 is 0 Å². The van der Waals surface area contributed by atoms with Crippen LogP contribution < -0.4 is 0 Å². The van der Waals surface area contributed by atoms with Crippen molar-refractivity contribution in [3.05, 3.63) is 54.4 Å². The lowest BCUT2D eigenvalue weighted by molar-refractivity contribution is 0.369. The predicted molar refractivity (Wildman–Crippen MR) is 102 cm³/mol. The highest BCUT2D eigenvalue weighted by Crippen LogP contribution is 2.34. The van der Waals surface area contributed by atoms with Crippen LogP contribution in [0.1, 0.15) is 24.6 Å². The molecule has 0 radical (unpaired) electrons. The van der Waals surface area contributed by atoms with Crippen molar-refractivity contribution in [2.75, 3.05) is 6.54 Å². The second kappa shape index (κ2) is 5.63. The summed E-state index contributed by atoms with van der Waals surface area (Å²) in [6.45, 7) is 0.854. The molecule has 5 rings (SSSR count). The van der Waals surface area contributed by atoms with Gasteiger partial charge in [0.15, 0.2) is 6.19 Å². The Bertz CT molecular complexity index is 1160. The molecule has 2 aromatic carbocycles. The summed E-state index contributed by atoms with van der Waals surface area (Å²) < 4.78 is 1.89. The minimum atomic E-state index is 0.183. The van der Waals surface area contributed by atoms with E-state index in [0.29, 0.717) is 0 Å². The highest BCUT2D eigenvalue weighted by molar-refractivity contribution is 5.89. The molecule has 0 amide bonds. The van der Waals surface area contributed by atoms with Crippen molar-refractivity contribution in [1.82, 2.24) is 19.7 Å². The summed E-state index contributed by atoms with van der Waals surface area (Å²) in [5.74, 6) is 0. The van der Waals surface area contributed by atoms with E-state index in [4.69, 9.17) is 0 Å². The Morgan fingerprint density at radius 1 is 1.12 bits per heavy atom. The zero-order valence-corrected chi connectivity index (χ0v) is 14.6. The number of hydrogen-bond donors (Lipinski definition) is 1. The van der Waals surface area contributed by atoms with Crippen LogP contribution in [0.25, 0.3) is 32.9 Å². The lowest BCUT2D eigenvalue weighted by Crippen LogP contribution is -2.17. The Morgan fingerprint density at radius 2 is 1.92 bits per heavy atom. The second-order valence-corrected chi connectivity index (χ2v) is 7.02. The van der Waals surface area contributed by atoms with Gasteiger partial charge in [-0.2, -0.15) is 10.4 Å². The zero-order chi connectivity index (χ0) is 17.7. The zero-order valence-electron chi connectivity index (χ0n) is 14.6. The molecule has 0 aliphatic carbocycles. The van der Waals surface area contributed by atoms with Gasteiger partial charge in [-0.3, -0.25) is 4.68 Å². The number of fused-ring (bicyclic) bond motifs is 2. The number of aromatic nitrogens is 3. The van der Waals surface area contributed by atoms with Crippen LogP contribution >= 0.6 is 0 Å². The number of aromatic amines is 1. The monoisotopic (exact) mass is 341 g/mol. The fraction of sp³-hybridized carbons (Fsp3) is 0.238. The molecule has 1 N–H and O–H groups in total. The summed E-state index contributed by atoms with van der Waals surface area (Å²) in [6, 6.07) is 15.3. The fourth-order valence-corrected chi connectivity index (χ4v) is 4.07. The molecule has 0 spiro atoms. The first-order valence-electron chi connectivity index (χ1n) is 8.94. The van der Waals surface area contributed by atoms with Crippen LogP contribution in [0.4, 0.5) is 0 Å². The quantitative estimate of drug-likeness (QED) is 0.552. The van der Waals surface area contributed by atoms with Crippen LogP contribution in [-0.2, 0) is 7.05 Å². The van der Waals surface area contributed by atoms with Gasteiger partial charge >= 0.3 is 0 Å². The van der Waals surface area contributed by atoms with E-state index in [2.05, 4.69) is 58.7 Å². The lowest BCUT2D eigenvalue weighted by atomic mass is 10.0. The van der Waals surface area contributed by atoms with Gasteiger partial charge in [-0.15, -0.1) is 0 Å². The number of nitrogens with one attached hydrogen (secondary N) is 1. The summed E-state index contributed by atoms with van der Waals surface area (Å²) in [5, 5.41) is 16.0. The predicted octanol–water partition coefficient (Wildman–Crippen LogP) is 4.34. The van der Waals surface area contributed by atoms with Gasteiger partial charge in [0.2, 0.25) is 0 Å². The van der Waals surface area contributed by atoms with E-state index in [1.165, 1.54) is 16.5 Å². The van der Waals surface area contributed by atoms with Crippen molar-refractivity contribution in [3.63, 3.8) is 0 Å². The molecule has 1 fully saturated rings. The third-order valence-corrected chi connectivity index (χ3v) is 5.46. The third kappa shape index (κ3) is 2.26. The Morgan fingerprint density at radius 3 is 2.77 bits per heavy atom. The normalized spacial score (nSPS) is 17.2. The van der Waals surface area contributed by atoms with Crippen LogP contribution in [-0.4, -0.2) is 26.2 Å². The van der Waals surface area contributed by atoms with E-state index < -0.39 is 0 Å². The molecule has 1 saturated heterocycles. The molecule has 1 aliphatic rings. The summed E-state index contributed by atoms with van der Waals surface area (Å²) in [7, 11) is 1.96. The molecule has 0 unspecified atom stereocenters. The van der Waals surface area contributed by atoms with Gasteiger partial charge in [0.05, 0.1) is 17.8 Å². The number of hydrogen-bond acceptors (Lipinski definition) is 3. The summed E-state index contributed by atoms with van der Waals surface area (Å²) >= 11 is 0. The van der Waals surface area contributed by atoms with Gasteiger partial charge < -0.3 is 9.88 Å². The van der Waals surface area contributed by atoms with E-state index in [9.17, 15) is 5.26 Å². The highest BCUT2D eigenvalue weighted by atomic mass is 15.2. The number of H-pyrrole nitrogens is 1. The maximum atomic E-state index is 9.31. The molecule has 1 aliphatic heterocycles. The Kier molecular flexibility index (Phi) is 3.26. The van der Waals surface area contributed by atoms with Crippen molar-refractivity contribution in [1.29, 1.82) is 5.26 Å². The molecule has 0 saturated carbocycles. The average Bonchev–Trinajstić information content (AvgIpc) is 3.38. The number of nitrogens with zero attached hydrogens (tertiary/aromatic N) is 4. The number of benzene rings is 2. The largest absolute Gasteiger partial charge is 0.357 e. The first-order valence-corrected chi connectivity index (χ1v) is 8.94. The first kappa shape index (κ1) is 15.0. The minimum Gasteiger partial charge on any atom is -0.357 e. The summed E-state index contributed by atoms with van der Waals surface area (Å²) in [6.07, 6.45) is 6.33. The number of likely N-dealkylation sites (tertiary alicyclic amines) is 1. The molecule has 2 aromatic heterocycles. The Hall–Kier alpha value is -3.26. The van der Waals surface area contributed by atoms with Gasteiger partial charge in [0.1, 0.15) is 0 Å². The molecule has 26 heavy (non-hydrogen) atoms. The maximum Gasteiger partial charge on any atom is 0.179 e. The molecule has 3 heterocycles. The van der Waals surface area contributed by atoms with Crippen LogP contribution in [0.15, 0.2) is 48.7 Å². The topological polar surface area (TPSA) is 60.6 Å². The van der Waals surface area contributed by atoms with Crippen LogP contribution in [0.2, 0.25) is 0 Å². The smallest absolute Gasteiger partial charge is 0.179 e. The van der Waals surface area contributed by atoms with E-state index >= 15 is 0 Å². The van der Waals surface area contributed by atoms with E-state index in [1.54, 1.807) is 0 Å². The van der Waals surface area contributed by atoms with E-state index in [-0.39, 0.29) is 6.04 Å². The first-order chi connectivity index (χ1) is 12.7. The minimum absolute atomic E-state index is 0.183. The highest BCUT2D eigenvalue weighted by Gasteiger charge is 2.26. The summed E-state index contributed by atoms with van der Waals surface area (Å²) in [5.41, 5.74) is 5.78. The van der Waals surface area contributed by atoms with Gasteiger partial charge in [-0.25, -0.2) is 0 Å². The number of aryl methyl sites for hydroxylation is 1.